The Morgan fingerprint density at radius 2 is 1.89 bits per heavy atom. The highest BCUT2D eigenvalue weighted by molar-refractivity contribution is 7.90. The van der Waals surface area contributed by atoms with Gasteiger partial charge in [0.2, 0.25) is 0 Å². The third kappa shape index (κ3) is 6.26. The number of nitrogens with one attached hydrogen (secondary N) is 1. The summed E-state index contributed by atoms with van der Waals surface area (Å²) in [6, 6.07) is 0. The predicted molar refractivity (Wildman–Crippen MR) is 82.0 cm³/mol. The maximum Gasteiger partial charge on any atom is 0.147 e. The summed E-state index contributed by atoms with van der Waals surface area (Å²) in [5, 5.41) is 3.30. The average Bonchev–Trinajstić information content (AvgIpc) is 2.29. The van der Waals surface area contributed by atoms with Gasteiger partial charge in [-0.25, -0.2) is 8.42 Å². The van der Waals surface area contributed by atoms with Crippen molar-refractivity contribution >= 4 is 9.84 Å². The molecule has 0 aromatic heterocycles. The molecule has 3 unspecified atom stereocenters. The lowest BCUT2D eigenvalue weighted by molar-refractivity contribution is 0.139. The van der Waals surface area contributed by atoms with E-state index in [4.69, 9.17) is 0 Å². The summed E-state index contributed by atoms with van der Waals surface area (Å²) in [4.78, 5) is 0. The van der Waals surface area contributed by atoms with Gasteiger partial charge in [-0.05, 0) is 69.4 Å². The van der Waals surface area contributed by atoms with Crippen LogP contribution in [0.15, 0.2) is 0 Å². The second-order valence-electron chi connectivity index (χ2n) is 6.67. The Kier molecular flexibility index (Phi) is 6.81. The first-order valence-electron chi connectivity index (χ1n) is 7.65. The highest BCUT2D eigenvalue weighted by Crippen LogP contribution is 2.39. The van der Waals surface area contributed by atoms with E-state index in [2.05, 4.69) is 19.2 Å². The minimum absolute atomic E-state index is 0.349. The van der Waals surface area contributed by atoms with Crippen LogP contribution in [0.3, 0.4) is 0 Å². The van der Waals surface area contributed by atoms with Crippen molar-refractivity contribution < 1.29 is 8.42 Å². The Morgan fingerprint density at radius 3 is 2.42 bits per heavy atom. The number of hydrogen-bond donors (Lipinski definition) is 1. The van der Waals surface area contributed by atoms with Gasteiger partial charge in [0.1, 0.15) is 9.84 Å². The van der Waals surface area contributed by atoms with E-state index in [9.17, 15) is 8.42 Å². The molecule has 0 spiro atoms. The smallest absolute Gasteiger partial charge is 0.147 e. The lowest BCUT2D eigenvalue weighted by atomic mass is 9.69. The summed E-state index contributed by atoms with van der Waals surface area (Å²) in [5.41, 5.74) is 0. The zero-order valence-corrected chi connectivity index (χ0v) is 13.8. The molecule has 0 amide bonds. The molecule has 0 bridgehead atoms. The van der Waals surface area contributed by atoms with E-state index in [0.29, 0.717) is 11.7 Å². The molecule has 1 aliphatic rings. The van der Waals surface area contributed by atoms with Crippen molar-refractivity contribution in [2.75, 3.05) is 25.6 Å². The molecule has 0 aromatic rings. The van der Waals surface area contributed by atoms with Gasteiger partial charge in [-0.15, -0.1) is 0 Å². The van der Waals surface area contributed by atoms with Crippen molar-refractivity contribution in [2.45, 2.75) is 46.0 Å². The molecule has 1 rings (SSSR count). The van der Waals surface area contributed by atoms with E-state index in [0.717, 1.165) is 37.1 Å². The van der Waals surface area contributed by atoms with E-state index in [1.807, 2.05) is 7.05 Å². The molecule has 3 nitrogen and oxygen atoms in total. The quantitative estimate of drug-likeness (QED) is 0.784. The Bertz CT molecular complexity index is 351. The first-order chi connectivity index (χ1) is 8.83. The van der Waals surface area contributed by atoms with Crippen molar-refractivity contribution in [3.8, 4) is 0 Å². The van der Waals surface area contributed by atoms with Gasteiger partial charge in [0.15, 0.2) is 0 Å². The van der Waals surface area contributed by atoms with Gasteiger partial charge < -0.3 is 5.32 Å². The Hall–Kier alpha value is -0.0900. The molecule has 0 aromatic carbocycles. The first-order valence-corrected chi connectivity index (χ1v) is 9.72. The predicted octanol–water partition coefficient (Wildman–Crippen LogP) is 2.72. The van der Waals surface area contributed by atoms with Crippen LogP contribution in [0.25, 0.3) is 0 Å². The maximum atomic E-state index is 11.2. The summed E-state index contributed by atoms with van der Waals surface area (Å²) in [5.74, 6) is 3.38. The van der Waals surface area contributed by atoms with Crippen LogP contribution in [-0.2, 0) is 9.84 Å². The lowest BCUT2D eigenvalue weighted by Gasteiger charge is -2.38. The van der Waals surface area contributed by atoms with E-state index in [1.165, 1.54) is 25.5 Å². The molecular formula is C15H31NO2S. The normalized spacial score (nSPS) is 28.8. The molecule has 19 heavy (non-hydrogen) atoms. The minimum Gasteiger partial charge on any atom is -0.319 e. The number of rotatable bonds is 7. The second kappa shape index (κ2) is 7.63. The highest BCUT2D eigenvalue weighted by atomic mass is 32.2. The summed E-state index contributed by atoms with van der Waals surface area (Å²) in [7, 11) is -0.784. The van der Waals surface area contributed by atoms with E-state index in [1.54, 1.807) is 0 Å². The van der Waals surface area contributed by atoms with Crippen molar-refractivity contribution in [1.82, 2.24) is 5.32 Å². The van der Waals surface area contributed by atoms with Crippen LogP contribution in [0.1, 0.15) is 46.0 Å². The second-order valence-corrected chi connectivity index (χ2v) is 8.93. The fourth-order valence-electron chi connectivity index (χ4n) is 3.46. The van der Waals surface area contributed by atoms with Crippen molar-refractivity contribution in [3.63, 3.8) is 0 Å². The largest absolute Gasteiger partial charge is 0.319 e. The van der Waals surface area contributed by atoms with Crippen molar-refractivity contribution in [1.29, 1.82) is 0 Å². The third-order valence-corrected chi connectivity index (χ3v) is 5.71. The molecule has 1 N–H and O–H groups in total. The van der Waals surface area contributed by atoms with Crippen LogP contribution < -0.4 is 5.32 Å². The molecule has 0 heterocycles. The fourth-order valence-corrected chi connectivity index (χ4v) is 4.15. The van der Waals surface area contributed by atoms with Crippen molar-refractivity contribution in [3.05, 3.63) is 0 Å². The topological polar surface area (TPSA) is 46.2 Å². The molecule has 0 radical (unpaired) electrons. The number of sulfone groups is 1. The molecule has 1 fully saturated rings. The maximum absolute atomic E-state index is 11.2. The van der Waals surface area contributed by atoms with E-state index in [-0.39, 0.29) is 0 Å². The Morgan fingerprint density at radius 1 is 1.21 bits per heavy atom. The Balaban J connectivity index is 2.51. The fraction of sp³-hybridized carbons (Fsp3) is 1.00. The monoisotopic (exact) mass is 289 g/mol. The summed E-state index contributed by atoms with van der Waals surface area (Å²) >= 11 is 0. The zero-order valence-electron chi connectivity index (χ0n) is 13.0. The molecule has 1 aliphatic carbocycles. The van der Waals surface area contributed by atoms with Crippen molar-refractivity contribution in [2.24, 2.45) is 23.7 Å². The van der Waals surface area contributed by atoms with Crippen LogP contribution in [0.2, 0.25) is 0 Å². The Labute approximate surface area is 119 Å². The van der Waals surface area contributed by atoms with Crippen LogP contribution in [0.4, 0.5) is 0 Å². The molecule has 0 aliphatic heterocycles. The van der Waals surface area contributed by atoms with Gasteiger partial charge in [-0.3, -0.25) is 0 Å². The average molecular weight is 289 g/mol. The highest BCUT2D eigenvalue weighted by Gasteiger charge is 2.31. The standard InChI is InChI=1S/C15H31NO2S/c1-12(2)13-7-8-15(11-16-3)14(10-13)6-5-9-19(4,17)18/h12-16H,5-11H2,1-4H3. The van der Waals surface area contributed by atoms with E-state index < -0.39 is 9.84 Å². The molecule has 3 atom stereocenters. The zero-order chi connectivity index (χ0) is 14.5. The van der Waals surface area contributed by atoms with Crippen LogP contribution in [0, 0.1) is 23.7 Å². The van der Waals surface area contributed by atoms with Gasteiger partial charge in [0.25, 0.3) is 0 Å². The SMILES string of the molecule is CNCC1CCC(C(C)C)CC1CCCS(C)(=O)=O. The molecule has 114 valence electrons. The van der Waals surface area contributed by atoms with Gasteiger partial charge in [0.05, 0.1) is 0 Å². The first kappa shape index (κ1) is 17.0. The van der Waals surface area contributed by atoms with Crippen LogP contribution in [-0.4, -0.2) is 34.0 Å². The summed E-state index contributed by atoms with van der Waals surface area (Å²) in [6.45, 7) is 5.71. The van der Waals surface area contributed by atoms with Gasteiger partial charge in [-0.2, -0.15) is 0 Å². The third-order valence-electron chi connectivity index (χ3n) is 4.68. The van der Waals surface area contributed by atoms with Crippen LogP contribution in [0.5, 0.6) is 0 Å². The van der Waals surface area contributed by atoms with Gasteiger partial charge in [-0.1, -0.05) is 13.8 Å². The lowest BCUT2D eigenvalue weighted by Crippen LogP contribution is -2.33. The molecule has 1 saturated carbocycles. The van der Waals surface area contributed by atoms with E-state index >= 15 is 0 Å². The molecule has 4 heteroatoms. The van der Waals surface area contributed by atoms with Gasteiger partial charge >= 0.3 is 0 Å². The number of hydrogen-bond acceptors (Lipinski definition) is 3. The summed E-state index contributed by atoms with van der Waals surface area (Å²) < 4.78 is 22.5. The van der Waals surface area contributed by atoms with Gasteiger partial charge in [0, 0.05) is 12.0 Å². The molecular weight excluding hydrogens is 258 g/mol. The molecule has 0 saturated heterocycles. The minimum atomic E-state index is -2.80. The summed E-state index contributed by atoms with van der Waals surface area (Å²) in [6.07, 6.45) is 7.17. The van der Waals surface area contributed by atoms with Crippen LogP contribution >= 0.6 is 0 Å².